The van der Waals surface area contributed by atoms with E-state index in [4.69, 9.17) is 17.3 Å². The summed E-state index contributed by atoms with van der Waals surface area (Å²) in [6.07, 6.45) is 2.92. The molecule has 9 nitrogen and oxygen atoms in total. The predicted molar refractivity (Wildman–Crippen MR) is 95.9 cm³/mol. The van der Waals surface area contributed by atoms with E-state index in [1.54, 1.807) is 0 Å². The molecule has 11 heteroatoms. The number of benzene rings is 1. The highest BCUT2D eigenvalue weighted by molar-refractivity contribution is 6.30. The molecule has 5 N–H and O–H groups in total. The number of rotatable bonds is 2. The van der Waals surface area contributed by atoms with E-state index in [-0.39, 0.29) is 28.6 Å². The molecule has 1 aromatic carbocycles. The number of fused-ring (bicyclic) bond motifs is 1. The molecular formula is C16H11ClFN7O2. The molecule has 0 saturated heterocycles. The van der Waals surface area contributed by atoms with Gasteiger partial charge in [-0.15, -0.1) is 0 Å². The minimum Gasteiger partial charge on any atom is -0.493 e. The van der Waals surface area contributed by atoms with Crippen molar-refractivity contribution in [1.82, 2.24) is 24.6 Å². The lowest BCUT2D eigenvalue weighted by Gasteiger charge is -2.00. The number of halogens is 2. The van der Waals surface area contributed by atoms with Gasteiger partial charge in [-0.25, -0.2) is 19.2 Å². The van der Waals surface area contributed by atoms with E-state index in [1.165, 1.54) is 41.1 Å². The molecule has 0 fully saturated rings. The molecule has 0 bridgehead atoms. The van der Waals surface area contributed by atoms with Gasteiger partial charge < -0.3 is 15.8 Å². The normalized spacial score (nSPS) is 13.0. The molecule has 0 saturated carbocycles. The molecule has 0 spiro atoms. The first kappa shape index (κ1) is 16.8. The highest BCUT2D eigenvalue weighted by Gasteiger charge is 2.08. The monoisotopic (exact) mass is 387 g/mol. The zero-order valence-electron chi connectivity index (χ0n) is 13.4. The molecule has 4 aromatic rings. The lowest BCUT2D eigenvalue weighted by Crippen LogP contribution is -2.16. The number of H-pyrrole nitrogens is 2. The molecule has 4 rings (SSSR count). The number of aromatic hydroxyl groups is 1. The number of aromatic nitrogens is 5. The van der Waals surface area contributed by atoms with E-state index < -0.39 is 11.5 Å². The second kappa shape index (κ2) is 6.25. The minimum atomic E-state index is -0.560. The Hall–Kier alpha value is -3.66. The van der Waals surface area contributed by atoms with Crippen molar-refractivity contribution in [3.8, 4) is 5.88 Å². The van der Waals surface area contributed by atoms with Crippen LogP contribution in [0.2, 0.25) is 5.02 Å². The van der Waals surface area contributed by atoms with Gasteiger partial charge in [0.05, 0.1) is 6.20 Å². The smallest absolute Gasteiger partial charge is 0.326 e. The highest BCUT2D eigenvalue weighted by Crippen LogP contribution is 2.21. The van der Waals surface area contributed by atoms with E-state index in [0.29, 0.717) is 15.9 Å². The molecule has 3 aromatic heterocycles. The number of aromatic amines is 2. The zero-order valence-corrected chi connectivity index (χ0v) is 14.2. The van der Waals surface area contributed by atoms with Crippen molar-refractivity contribution in [1.29, 1.82) is 0 Å². The van der Waals surface area contributed by atoms with Gasteiger partial charge in [0.2, 0.25) is 5.88 Å². The van der Waals surface area contributed by atoms with Crippen LogP contribution in [0.1, 0.15) is 5.69 Å². The fourth-order valence-electron chi connectivity index (χ4n) is 2.49. The third-order valence-corrected chi connectivity index (χ3v) is 3.93. The Morgan fingerprint density at radius 2 is 2.15 bits per heavy atom. The Bertz CT molecular complexity index is 1360. The van der Waals surface area contributed by atoms with E-state index in [1.807, 2.05) is 0 Å². The number of nitrogen functional groups attached to an aromatic ring is 1. The Morgan fingerprint density at radius 3 is 2.89 bits per heavy atom. The summed E-state index contributed by atoms with van der Waals surface area (Å²) in [5.74, 6) is -0.670. The van der Waals surface area contributed by atoms with Crippen molar-refractivity contribution in [3.63, 3.8) is 0 Å². The molecule has 27 heavy (non-hydrogen) atoms. The van der Waals surface area contributed by atoms with E-state index in [2.05, 4.69) is 25.0 Å². The van der Waals surface area contributed by atoms with Crippen LogP contribution < -0.4 is 22.1 Å². The Kier molecular flexibility index (Phi) is 3.89. The maximum absolute atomic E-state index is 13.9. The third kappa shape index (κ3) is 3.13. The summed E-state index contributed by atoms with van der Waals surface area (Å²) in [5, 5.41) is 14.6. The molecule has 0 amide bonds. The predicted octanol–water partition coefficient (Wildman–Crippen LogP) is 0.606. The summed E-state index contributed by atoms with van der Waals surface area (Å²) in [7, 11) is 0. The van der Waals surface area contributed by atoms with Crippen LogP contribution in [0.25, 0.3) is 11.7 Å². The summed E-state index contributed by atoms with van der Waals surface area (Å²) in [4.78, 5) is 24.4. The van der Waals surface area contributed by atoms with Crippen molar-refractivity contribution in [2.75, 3.05) is 5.73 Å². The fraction of sp³-hybridized carbons (Fsp3) is 0. The van der Waals surface area contributed by atoms with Gasteiger partial charge in [0.15, 0.2) is 11.1 Å². The molecule has 0 aliphatic carbocycles. The number of hydrogen-bond donors (Lipinski definition) is 4. The molecule has 0 aliphatic rings. The number of anilines is 1. The number of nitrogens with two attached hydrogens (primary N) is 1. The topological polar surface area (TPSA) is 137 Å². The van der Waals surface area contributed by atoms with Crippen molar-refractivity contribution < 1.29 is 9.50 Å². The summed E-state index contributed by atoms with van der Waals surface area (Å²) in [6.45, 7) is 0. The van der Waals surface area contributed by atoms with Crippen LogP contribution >= 0.6 is 11.6 Å². The lowest BCUT2D eigenvalue weighted by molar-refractivity contribution is 0.454. The average molecular weight is 388 g/mol. The SMILES string of the molecule is Nc1cc(=Nc2cc(Cl)ccc2F)nc2c(=Cc3[nH]c(=O)[nH]c3O)cnn12. The minimum absolute atomic E-state index is 0.0106. The van der Waals surface area contributed by atoms with Crippen LogP contribution in [0.4, 0.5) is 15.9 Å². The van der Waals surface area contributed by atoms with Gasteiger partial charge in [-0.05, 0) is 24.3 Å². The van der Waals surface area contributed by atoms with Gasteiger partial charge in [-0.2, -0.15) is 9.61 Å². The maximum atomic E-state index is 13.9. The highest BCUT2D eigenvalue weighted by atomic mass is 35.5. The largest absolute Gasteiger partial charge is 0.493 e. The van der Waals surface area contributed by atoms with Crippen LogP contribution in [0, 0.1) is 5.82 Å². The summed E-state index contributed by atoms with van der Waals surface area (Å²) < 4.78 is 15.3. The van der Waals surface area contributed by atoms with Crippen LogP contribution in [-0.4, -0.2) is 29.7 Å². The van der Waals surface area contributed by atoms with Gasteiger partial charge in [0.1, 0.15) is 23.0 Å². The van der Waals surface area contributed by atoms with Gasteiger partial charge >= 0.3 is 5.69 Å². The third-order valence-electron chi connectivity index (χ3n) is 3.69. The Labute approximate surface area is 154 Å². The molecule has 0 radical (unpaired) electrons. The standard InChI is InChI=1S/C16H11ClFN7O2/c17-8-1-2-9(18)10(4-8)21-13-5-12(19)25-14(23-13)7(6-20-25)3-11-15(26)24-16(27)22-11/h1-6,26H,19H2,(H2,22,24,27). The van der Waals surface area contributed by atoms with Crippen molar-refractivity contribution >= 4 is 34.8 Å². The molecular weight excluding hydrogens is 377 g/mol. The fourth-order valence-corrected chi connectivity index (χ4v) is 2.66. The lowest BCUT2D eigenvalue weighted by atomic mass is 10.3. The Balaban J connectivity index is 1.95. The number of nitrogens with one attached hydrogen (secondary N) is 2. The van der Waals surface area contributed by atoms with Crippen LogP contribution in [-0.2, 0) is 0 Å². The average Bonchev–Trinajstić information content (AvgIpc) is 3.15. The number of nitrogens with zero attached hydrogens (tertiary/aromatic N) is 4. The van der Waals surface area contributed by atoms with Crippen molar-refractivity contribution in [3.05, 3.63) is 68.2 Å². The van der Waals surface area contributed by atoms with Crippen molar-refractivity contribution in [2.24, 2.45) is 4.99 Å². The van der Waals surface area contributed by atoms with Crippen molar-refractivity contribution in [2.45, 2.75) is 0 Å². The van der Waals surface area contributed by atoms with Crippen LogP contribution in [0.3, 0.4) is 0 Å². The van der Waals surface area contributed by atoms with Gasteiger partial charge in [-0.3, -0.25) is 4.98 Å². The van der Waals surface area contributed by atoms with E-state index in [9.17, 15) is 14.3 Å². The maximum Gasteiger partial charge on any atom is 0.326 e. The first-order chi connectivity index (χ1) is 12.9. The second-order valence-corrected chi connectivity index (χ2v) is 6.00. The van der Waals surface area contributed by atoms with E-state index in [0.717, 1.165) is 0 Å². The van der Waals surface area contributed by atoms with Crippen LogP contribution in [0.5, 0.6) is 5.88 Å². The molecule has 136 valence electrons. The summed E-state index contributed by atoms with van der Waals surface area (Å²) in [5.41, 5.74) is 6.02. The molecule has 0 aliphatic heterocycles. The summed E-state index contributed by atoms with van der Waals surface area (Å²) in [6, 6.07) is 5.41. The van der Waals surface area contributed by atoms with Gasteiger partial charge in [-0.1, -0.05) is 11.6 Å². The second-order valence-electron chi connectivity index (χ2n) is 5.57. The molecule has 0 atom stereocenters. The molecule has 0 unspecified atom stereocenters. The van der Waals surface area contributed by atoms with Gasteiger partial charge in [0.25, 0.3) is 0 Å². The van der Waals surface area contributed by atoms with E-state index >= 15 is 0 Å². The van der Waals surface area contributed by atoms with Gasteiger partial charge in [0, 0.05) is 16.3 Å². The molecule has 3 heterocycles. The number of hydrogen-bond acceptors (Lipinski definition) is 6. The quantitative estimate of drug-likeness (QED) is 0.399. The summed E-state index contributed by atoms with van der Waals surface area (Å²) >= 11 is 5.88. The Morgan fingerprint density at radius 1 is 1.33 bits per heavy atom. The first-order valence-electron chi connectivity index (χ1n) is 7.58. The first-order valence-corrected chi connectivity index (χ1v) is 7.95. The van der Waals surface area contributed by atoms with Crippen LogP contribution in [0.15, 0.2) is 40.2 Å². The number of imidazole rings is 1. The zero-order chi connectivity index (χ0) is 19.1.